The first-order chi connectivity index (χ1) is 11.8. The fourth-order valence-electron chi connectivity index (χ4n) is 2.23. The highest BCUT2D eigenvalue weighted by Gasteiger charge is 2.18. The van der Waals surface area contributed by atoms with Gasteiger partial charge in [0.05, 0.1) is 12.7 Å². The average Bonchev–Trinajstić information content (AvgIpc) is 2.57. The van der Waals surface area contributed by atoms with Crippen molar-refractivity contribution in [2.45, 2.75) is 13.2 Å². The molecule has 5 nitrogen and oxygen atoms in total. The Kier molecular flexibility index (Phi) is 6.19. The minimum atomic E-state index is -2.96. The van der Waals surface area contributed by atoms with E-state index in [4.69, 9.17) is 4.74 Å². The van der Waals surface area contributed by atoms with Gasteiger partial charge in [0.25, 0.3) is 5.91 Å². The van der Waals surface area contributed by atoms with Gasteiger partial charge in [-0.25, -0.2) is 0 Å². The molecule has 0 saturated carbocycles. The number of amides is 1. The first-order valence-electron chi connectivity index (χ1n) is 7.17. The third kappa shape index (κ3) is 4.82. The zero-order chi connectivity index (χ0) is 18.6. The fraction of sp³-hybridized carbons (Fsp3) is 0.235. The maximum absolute atomic E-state index is 12.5. The summed E-state index contributed by atoms with van der Waals surface area (Å²) < 4.78 is 34.8. The Labute approximate surface area is 151 Å². The smallest absolute Gasteiger partial charge is 0.387 e. The monoisotopic (exact) mass is 415 g/mol. The van der Waals surface area contributed by atoms with Crippen molar-refractivity contribution in [2.75, 3.05) is 14.2 Å². The van der Waals surface area contributed by atoms with Crippen molar-refractivity contribution in [3.05, 3.63) is 52.0 Å². The third-order valence-electron chi connectivity index (χ3n) is 3.40. The van der Waals surface area contributed by atoms with Crippen molar-refractivity contribution in [3.8, 4) is 17.2 Å². The van der Waals surface area contributed by atoms with Crippen LogP contribution in [0.3, 0.4) is 0 Å². The minimum Gasteiger partial charge on any atom is -0.507 e. The van der Waals surface area contributed by atoms with Gasteiger partial charge in [0, 0.05) is 18.1 Å². The van der Waals surface area contributed by atoms with Crippen LogP contribution in [0.5, 0.6) is 17.2 Å². The lowest BCUT2D eigenvalue weighted by atomic mass is 10.1. The zero-order valence-electron chi connectivity index (χ0n) is 13.5. The number of carbonyl (C=O) groups is 1. The van der Waals surface area contributed by atoms with E-state index in [1.165, 1.54) is 36.3 Å². The summed E-state index contributed by atoms with van der Waals surface area (Å²) in [7, 11) is 2.91. The van der Waals surface area contributed by atoms with Gasteiger partial charge in [-0.05, 0) is 35.9 Å². The first kappa shape index (κ1) is 19.0. The Morgan fingerprint density at radius 2 is 1.96 bits per heavy atom. The second-order valence-corrected chi connectivity index (χ2v) is 6.10. The SMILES string of the molecule is COc1cc(CN(C)C(=O)c2cc(Br)ccc2O)ccc1OC(F)F. The van der Waals surface area contributed by atoms with Gasteiger partial charge in [-0.2, -0.15) is 8.78 Å². The van der Waals surface area contributed by atoms with Crippen molar-refractivity contribution in [3.63, 3.8) is 0 Å². The summed E-state index contributed by atoms with van der Waals surface area (Å²) in [6.45, 7) is -2.76. The molecule has 0 atom stereocenters. The van der Waals surface area contributed by atoms with Gasteiger partial charge >= 0.3 is 6.61 Å². The molecule has 0 fully saturated rings. The predicted molar refractivity (Wildman–Crippen MR) is 91.2 cm³/mol. The van der Waals surface area contributed by atoms with Gasteiger partial charge in [0.1, 0.15) is 5.75 Å². The summed E-state index contributed by atoms with van der Waals surface area (Å²) in [5.74, 6) is -0.451. The molecule has 2 aromatic carbocycles. The molecular weight excluding hydrogens is 400 g/mol. The number of phenolic OH excluding ortho intramolecular Hbond substituents is 1. The quantitative estimate of drug-likeness (QED) is 0.773. The number of ether oxygens (including phenoxy) is 2. The van der Waals surface area contributed by atoms with Gasteiger partial charge in [-0.3, -0.25) is 4.79 Å². The highest BCUT2D eigenvalue weighted by molar-refractivity contribution is 9.10. The van der Waals surface area contributed by atoms with E-state index in [9.17, 15) is 18.7 Å². The Morgan fingerprint density at radius 3 is 2.60 bits per heavy atom. The van der Waals surface area contributed by atoms with Crippen molar-refractivity contribution in [1.82, 2.24) is 4.90 Å². The van der Waals surface area contributed by atoms with E-state index in [2.05, 4.69) is 20.7 Å². The van der Waals surface area contributed by atoms with Crippen molar-refractivity contribution in [1.29, 1.82) is 0 Å². The molecule has 2 aromatic rings. The van der Waals surface area contributed by atoms with Gasteiger partial charge in [-0.1, -0.05) is 22.0 Å². The number of aromatic hydroxyl groups is 1. The average molecular weight is 416 g/mol. The summed E-state index contributed by atoms with van der Waals surface area (Å²) in [5.41, 5.74) is 0.810. The van der Waals surface area contributed by atoms with E-state index in [0.29, 0.717) is 10.0 Å². The van der Waals surface area contributed by atoms with Gasteiger partial charge < -0.3 is 19.5 Å². The molecule has 0 aliphatic rings. The number of halogens is 3. The minimum absolute atomic E-state index is 0.0835. The fourth-order valence-corrected chi connectivity index (χ4v) is 2.60. The number of hydrogen-bond donors (Lipinski definition) is 1. The highest BCUT2D eigenvalue weighted by atomic mass is 79.9. The predicted octanol–water partition coefficient (Wildman–Crippen LogP) is 4.04. The zero-order valence-corrected chi connectivity index (χ0v) is 15.1. The maximum atomic E-state index is 12.5. The molecule has 0 spiro atoms. The molecule has 0 aliphatic heterocycles. The number of phenols is 1. The lowest BCUT2D eigenvalue weighted by Crippen LogP contribution is -2.26. The normalized spacial score (nSPS) is 10.6. The van der Waals surface area contributed by atoms with Crippen molar-refractivity contribution >= 4 is 21.8 Å². The molecule has 1 N–H and O–H groups in total. The molecule has 0 saturated heterocycles. The second-order valence-electron chi connectivity index (χ2n) is 5.19. The van der Waals surface area contributed by atoms with Crippen LogP contribution in [-0.2, 0) is 6.54 Å². The molecule has 25 heavy (non-hydrogen) atoms. The van der Waals surface area contributed by atoms with E-state index in [0.717, 1.165) is 0 Å². The lowest BCUT2D eigenvalue weighted by Gasteiger charge is -2.19. The molecule has 2 rings (SSSR count). The number of benzene rings is 2. The van der Waals surface area contributed by atoms with Gasteiger partial charge in [-0.15, -0.1) is 0 Å². The van der Waals surface area contributed by atoms with Crippen LogP contribution in [0.25, 0.3) is 0 Å². The topological polar surface area (TPSA) is 59.0 Å². The van der Waals surface area contributed by atoms with Gasteiger partial charge in [0.2, 0.25) is 0 Å². The summed E-state index contributed by atoms with van der Waals surface area (Å²) in [5, 5.41) is 9.85. The Bertz CT molecular complexity index is 770. The summed E-state index contributed by atoms with van der Waals surface area (Å²) >= 11 is 3.25. The van der Waals surface area contributed by atoms with Crippen LogP contribution in [0, 0.1) is 0 Å². The summed E-state index contributed by atoms with van der Waals surface area (Å²) in [6.07, 6.45) is 0. The van der Waals surface area contributed by atoms with Crippen molar-refractivity contribution in [2.24, 2.45) is 0 Å². The first-order valence-corrected chi connectivity index (χ1v) is 7.97. The third-order valence-corrected chi connectivity index (χ3v) is 3.89. The molecule has 0 heterocycles. The largest absolute Gasteiger partial charge is 0.507 e. The van der Waals surface area contributed by atoms with Gasteiger partial charge in [0.15, 0.2) is 11.5 Å². The molecule has 8 heteroatoms. The lowest BCUT2D eigenvalue weighted by molar-refractivity contribution is -0.0512. The Balaban J connectivity index is 2.18. The van der Waals surface area contributed by atoms with Crippen LogP contribution in [-0.4, -0.2) is 36.7 Å². The Morgan fingerprint density at radius 1 is 1.24 bits per heavy atom. The molecule has 0 aliphatic carbocycles. The number of hydrogen-bond acceptors (Lipinski definition) is 4. The van der Waals surface area contributed by atoms with Crippen LogP contribution in [0.2, 0.25) is 0 Å². The van der Waals surface area contributed by atoms with E-state index in [1.807, 2.05) is 0 Å². The van der Waals surface area contributed by atoms with Crippen LogP contribution < -0.4 is 9.47 Å². The Hall–Kier alpha value is -2.35. The van der Waals surface area contributed by atoms with Crippen LogP contribution >= 0.6 is 15.9 Å². The molecule has 134 valence electrons. The van der Waals surface area contributed by atoms with E-state index >= 15 is 0 Å². The maximum Gasteiger partial charge on any atom is 0.387 e. The van der Waals surface area contributed by atoms with E-state index in [-0.39, 0.29) is 35.3 Å². The molecule has 0 bridgehead atoms. The molecule has 0 aromatic heterocycles. The van der Waals surface area contributed by atoms with E-state index < -0.39 is 6.61 Å². The highest BCUT2D eigenvalue weighted by Crippen LogP contribution is 2.30. The standard InChI is InChI=1S/C17H16BrF2NO4/c1-21(16(23)12-8-11(18)4-5-13(12)22)9-10-3-6-14(25-17(19)20)15(7-10)24-2/h3-8,17,22H,9H2,1-2H3. The molecule has 0 unspecified atom stereocenters. The van der Waals surface area contributed by atoms with Crippen LogP contribution in [0.4, 0.5) is 8.78 Å². The number of methoxy groups -OCH3 is 1. The van der Waals surface area contributed by atoms with Crippen molar-refractivity contribution < 1.29 is 28.2 Å². The molecular formula is C17H16BrF2NO4. The second kappa shape index (κ2) is 8.15. The van der Waals surface area contributed by atoms with E-state index in [1.54, 1.807) is 19.2 Å². The van der Waals surface area contributed by atoms with Crippen LogP contribution in [0.1, 0.15) is 15.9 Å². The molecule has 0 radical (unpaired) electrons. The number of alkyl halides is 2. The summed E-state index contributed by atoms with van der Waals surface area (Å²) in [6, 6.07) is 9.00. The molecule has 1 amide bonds. The summed E-state index contributed by atoms with van der Waals surface area (Å²) in [4.78, 5) is 13.9. The number of carbonyl (C=O) groups excluding carboxylic acids is 1. The van der Waals surface area contributed by atoms with Crippen LogP contribution in [0.15, 0.2) is 40.9 Å². The number of rotatable bonds is 6. The number of nitrogens with zero attached hydrogens (tertiary/aromatic N) is 1.